The van der Waals surface area contributed by atoms with Gasteiger partial charge >= 0.3 is 5.91 Å². The van der Waals surface area contributed by atoms with Crippen LogP contribution in [0.25, 0.3) is 16.0 Å². The number of fused-ring (bicyclic) bond motifs is 2. The highest BCUT2D eigenvalue weighted by Gasteiger charge is 2.48. The van der Waals surface area contributed by atoms with E-state index in [0.29, 0.717) is 71.2 Å². The lowest BCUT2D eigenvalue weighted by molar-refractivity contribution is -0.132. The third-order valence-electron chi connectivity index (χ3n) is 7.09. The molecule has 216 valence electrons. The predicted octanol–water partition coefficient (Wildman–Crippen LogP) is 6.27. The summed E-state index contributed by atoms with van der Waals surface area (Å²) in [4.78, 5) is 33.4. The van der Waals surface area contributed by atoms with Gasteiger partial charge in [-0.2, -0.15) is 0 Å². The van der Waals surface area contributed by atoms with Crippen molar-refractivity contribution in [1.29, 1.82) is 0 Å². The number of aromatic nitrogens is 1. The standard InChI is InChI=1S/C32H30N2O7S/c1-3-5-14-39-21-9-6-19(7-10-21)28-27(29(35)20-8-13-24-25(17-20)41-16-15-40-24)30(36)31(37)34(28)32-33-23-12-11-22(38-4-2)18-26(23)42-32/h6-13,17-18,28,35H,3-5,14-16H2,1-2H3/t28-/m0/s1. The number of aliphatic hydroxyl groups excluding tert-OH is 1. The number of Topliss-reactive ketones (excluding diaryl/α,β-unsaturated/α-hetero) is 1. The van der Waals surface area contributed by atoms with Gasteiger partial charge in [0.2, 0.25) is 0 Å². The Morgan fingerprint density at radius 3 is 2.50 bits per heavy atom. The molecule has 1 aromatic heterocycles. The number of ketones is 1. The topological polar surface area (TPSA) is 107 Å². The van der Waals surface area contributed by atoms with E-state index in [-0.39, 0.29) is 11.3 Å². The van der Waals surface area contributed by atoms with Crippen LogP contribution in [-0.2, 0) is 9.59 Å². The first-order valence-electron chi connectivity index (χ1n) is 14.0. The van der Waals surface area contributed by atoms with Crippen molar-refractivity contribution in [1.82, 2.24) is 4.98 Å². The number of benzene rings is 3. The average Bonchev–Trinajstić information content (AvgIpc) is 3.54. The molecule has 0 spiro atoms. The number of hydrogen-bond donors (Lipinski definition) is 1. The van der Waals surface area contributed by atoms with E-state index in [2.05, 4.69) is 6.92 Å². The molecule has 0 bridgehead atoms. The molecule has 3 aromatic carbocycles. The maximum Gasteiger partial charge on any atom is 0.301 e. The summed E-state index contributed by atoms with van der Waals surface area (Å²) in [7, 11) is 0. The Morgan fingerprint density at radius 2 is 1.74 bits per heavy atom. The highest BCUT2D eigenvalue weighted by atomic mass is 32.1. The number of rotatable bonds is 9. The summed E-state index contributed by atoms with van der Waals surface area (Å²) in [5.74, 6) is 0.503. The Morgan fingerprint density at radius 1 is 0.976 bits per heavy atom. The first-order valence-corrected chi connectivity index (χ1v) is 14.8. The number of unbranched alkanes of at least 4 members (excludes halogenated alkanes) is 1. The van der Waals surface area contributed by atoms with Crippen LogP contribution in [0.2, 0.25) is 0 Å². The molecule has 1 amide bonds. The number of anilines is 1. The maximum atomic E-state index is 13.7. The van der Waals surface area contributed by atoms with E-state index in [1.165, 1.54) is 16.2 Å². The van der Waals surface area contributed by atoms with Crippen molar-refractivity contribution in [2.24, 2.45) is 0 Å². The molecule has 0 unspecified atom stereocenters. The SMILES string of the molecule is CCCCOc1ccc([C@H]2C(=C(O)c3ccc4c(c3)OCCO4)C(=O)C(=O)N2c2nc3ccc(OCC)cc3s2)cc1. The molecule has 0 aliphatic carbocycles. The Balaban J connectivity index is 1.46. The van der Waals surface area contributed by atoms with Gasteiger partial charge in [-0.05, 0) is 67.4 Å². The molecule has 2 aliphatic heterocycles. The van der Waals surface area contributed by atoms with E-state index in [4.69, 9.17) is 23.9 Å². The van der Waals surface area contributed by atoms with Gasteiger partial charge in [-0.15, -0.1) is 0 Å². The molecular formula is C32H30N2O7S. The first-order chi connectivity index (χ1) is 20.5. The van der Waals surface area contributed by atoms with Gasteiger partial charge in [0.1, 0.15) is 30.5 Å². The third kappa shape index (κ3) is 5.14. The van der Waals surface area contributed by atoms with E-state index < -0.39 is 17.7 Å². The fraction of sp³-hybridized carbons (Fsp3) is 0.281. The highest BCUT2D eigenvalue weighted by Crippen LogP contribution is 2.45. The molecule has 1 saturated heterocycles. The van der Waals surface area contributed by atoms with Gasteiger partial charge in [0, 0.05) is 5.56 Å². The van der Waals surface area contributed by atoms with Crippen LogP contribution >= 0.6 is 11.3 Å². The number of amides is 1. The van der Waals surface area contributed by atoms with Gasteiger partial charge in [0.15, 0.2) is 16.6 Å². The van der Waals surface area contributed by atoms with E-state index >= 15 is 0 Å². The van der Waals surface area contributed by atoms with Gasteiger partial charge < -0.3 is 24.1 Å². The van der Waals surface area contributed by atoms with Crippen molar-refractivity contribution in [2.75, 3.05) is 31.3 Å². The van der Waals surface area contributed by atoms with E-state index in [9.17, 15) is 14.7 Å². The lowest BCUT2D eigenvalue weighted by Gasteiger charge is -2.23. The Hall–Kier alpha value is -4.57. The molecule has 4 aromatic rings. The summed E-state index contributed by atoms with van der Waals surface area (Å²) in [6, 6.07) is 16.8. The summed E-state index contributed by atoms with van der Waals surface area (Å²) in [5.41, 5.74) is 1.61. The molecule has 6 rings (SSSR count). The predicted molar refractivity (Wildman–Crippen MR) is 160 cm³/mol. The van der Waals surface area contributed by atoms with Gasteiger partial charge in [-0.3, -0.25) is 14.5 Å². The van der Waals surface area contributed by atoms with Crippen molar-refractivity contribution in [2.45, 2.75) is 32.7 Å². The fourth-order valence-electron chi connectivity index (χ4n) is 5.02. The Kier molecular flexibility index (Phi) is 7.71. The van der Waals surface area contributed by atoms with Crippen LogP contribution in [0.3, 0.4) is 0 Å². The smallest absolute Gasteiger partial charge is 0.301 e. The molecule has 1 atom stereocenters. The molecule has 2 aliphatic rings. The largest absolute Gasteiger partial charge is 0.507 e. The lowest BCUT2D eigenvalue weighted by atomic mass is 9.95. The summed E-state index contributed by atoms with van der Waals surface area (Å²) in [6.07, 6.45) is 1.95. The number of aliphatic hydroxyl groups is 1. The van der Waals surface area contributed by atoms with Crippen LogP contribution in [0, 0.1) is 0 Å². The monoisotopic (exact) mass is 586 g/mol. The van der Waals surface area contributed by atoms with Crippen LogP contribution in [0.15, 0.2) is 66.2 Å². The second-order valence-corrected chi connectivity index (χ2v) is 10.9. The van der Waals surface area contributed by atoms with Gasteiger partial charge in [-0.25, -0.2) is 4.98 Å². The first kappa shape index (κ1) is 27.6. The van der Waals surface area contributed by atoms with Gasteiger partial charge in [0.25, 0.3) is 5.78 Å². The summed E-state index contributed by atoms with van der Waals surface area (Å²) < 4.78 is 23.6. The number of hydrogen-bond acceptors (Lipinski definition) is 9. The van der Waals surface area contributed by atoms with Crippen molar-refractivity contribution in [3.05, 3.63) is 77.4 Å². The minimum atomic E-state index is -0.921. The zero-order valence-corrected chi connectivity index (χ0v) is 24.1. The van der Waals surface area contributed by atoms with Crippen LogP contribution < -0.4 is 23.8 Å². The van der Waals surface area contributed by atoms with Gasteiger partial charge in [-0.1, -0.05) is 36.8 Å². The molecule has 42 heavy (non-hydrogen) atoms. The maximum absolute atomic E-state index is 13.7. The molecule has 1 fully saturated rings. The molecule has 10 heteroatoms. The zero-order valence-electron chi connectivity index (χ0n) is 23.3. The van der Waals surface area contributed by atoms with Crippen LogP contribution in [0.1, 0.15) is 43.9 Å². The third-order valence-corrected chi connectivity index (χ3v) is 8.11. The average molecular weight is 587 g/mol. The molecule has 0 radical (unpaired) electrons. The zero-order chi connectivity index (χ0) is 29.2. The molecule has 3 heterocycles. The van der Waals surface area contributed by atoms with Crippen molar-refractivity contribution in [3.8, 4) is 23.0 Å². The van der Waals surface area contributed by atoms with Gasteiger partial charge in [0.05, 0.1) is 35.0 Å². The second kappa shape index (κ2) is 11.7. The number of carbonyl (C=O) groups is 2. The molecule has 0 saturated carbocycles. The van der Waals surface area contributed by atoms with Crippen molar-refractivity contribution < 1.29 is 33.6 Å². The second-order valence-electron chi connectivity index (χ2n) is 9.86. The van der Waals surface area contributed by atoms with Crippen molar-refractivity contribution >= 4 is 44.1 Å². The fourth-order valence-corrected chi connectivity index (χ4v) is 6.05. The number of thiazole rings is 1. The quantitative estimate of drug-likeness (QED) is 0.106. The lowest BCUT2D eigenvalue weighted by Crippen LogP contribution is -2.29. The summed E-state index contributed by atoms with van der Waals surface area (Å²) in [5, 5.41) is 11.9. The van der Waals surface area contributed by atoms with E-state index in [0.717, 1.165) is 17.5 Å². The normalized spacial score (nSPS) is 17.6. The number of carbonyl (C=O) groups excluding carboxylic acids is 2. The number of ether oxygens (including phenoxy) is 4. The molecular weight excluding hydrogens is 556 g/mol. The minimum absolute atomic E-state index is 0.0365. The highest BCUT2D eigenvalue weighted by molar-refractivity contribution is 7.22. The summed E-state index contributed by atoms with van der Waals surface area (Å²) >= 11 is 1.28. The van der Waals surface area contributed by atoms with Crippen LogP contribution in [0.5, 0.6) is 23.0 Å². The molecule has 9 nitrogen and oxygen atoms in total. The van der Waals surface area contributed by atoms with Crippen LogP contribution in [-0.4, -0.2) is 48.2 Å². The number of nitrogens with zero attached hydrogens (tertiary/aromatic N) is 2. The van der Waals surface area contributed by atoms with Crippen molar-refractivity contribution in [3.63, 3.8) is 0 Å². The van der Waals surface area contributed by atoms with E-state index in [1.807, 2.05) is 49.4 Å². The summed E-state index contributed by atoms with van der Waals surface area (Å²) in [6.45, 7) is 5.91. The van der Waals surface area contributed by atoms with Crippen LogP contribution in [0.4, 0.5) is 5.13 Å². The van der Waals surface area contributed by atoms with E-state index in [1.54, 1.807) is 18.2 Å². The molecule has 1 N–H and O–H groups in total. The minimum Gasteiger partial charge on any atom is -0.507 e. The Bertz CT molecular complexity index is 1680. The Labute approximate surface area is 246 Å².